The van der Waals surface area contributed by atoms with Gasteiger partial charge in [0.2, 0.25) is 0 Å². The van der Waals surface area contributed by atoms with Crippen LogP contribution < -0.4 is 0 Å². The highest BCUT2D eigenvalue weighted by molar-refractivity contribution is 6.22. The highest BCUT2D eigenvalue weighted by Crippen LogP contribution is 2.41. The Morgan fingerprint density at radius 3 is 1.32 bits per heavy atom. The minimum Gasteiger partial charge on any atom is -0.456 e. The van der Waals surface area contributed by atoms with Gasteiger partial charge in [0.05, 0.1) is 5.39 Å². The van der Waals surface area contributed by atoms with Gasteiger partial charge >= 0.3 is 0 Å². The second-order valence-electron chi connectivity index (χ2n) is 11.3. The lowest BCUT2D eigenvalue weighted by atomic mass is 9.97. The number of benzene rings is 7. The zero-order valence-corrected chi connectivity index (χ0v) is 23.8. The van der Waals surface area contributed by atoms with Crippen molar-refractivity contribution < 1.29 is 8.83 Å². The summed E-state index contributed by atoms with van der Waals surface area (Å²) in [5, 5.41) is 4.27. The standard InChI is InChI=1S/C42H26O2/c1-3-9-27(10-4-1)29-13-7-15-31(23-29)33-17-20-38-36(25-33)35-19-22-40-41(42(35)44-38)37-26-34(18-21-39(37)43-40)32-16-8-14-30(24-32)28-11-5-2-6-12-28/h1-26H. The second-order valence-corrected chi connectivity index (χ2v) is 11.3. The molecule has 2 heterocycles. The van der Waals surface area contributed by atoms with Gasteiger partial charge in [-0.2, -0.15) is 0 Å². The first-order chi connectivity index (χ1) is 21.8. The Balaban J connectivity index is 1.18. The van der Waals surface area contributed by atoms with Crippen LogP contribution >= 0.6 is 0 Å². The van der Waals surface area contributed by atoms with Crippen LogP contribution in [0.2, 0.25) is 0 Å². The molecule has 2 nitrogen and oxygen atoms in total. The number of hydrogen-bond acceptors (Lipinski definition) is 2. The SMILES string of the molecule is c1ccc(-c2cccc(-c3ccc4oc5c(ccc6oc7ccc(-c8cccc(-c9ccccc9)c8)cc7c65)c4c3)c2)cc1. The van der Waals surface area contributed by atoms with Crippen molar-refractivity contribution in [2.24, 2.45) is 0 Å². The van der Waals surface area contributed by atoms with E-state index < -0.39 is 0 Å². The van der Waals surface area contributed by atoms with Gasteiger partial charge in [0.1, 0.15) is 22.3 Å². The highest BCUT2D eigenvalue weighted by Gasteiger charge is 2.17. The molecule has 0 saturated heterocycles. The van der Waals surface area contributed by atoms with Crippen molar-refractivity contribution >= 4 is 43.9 Å². The second kappa shape index (κ2) is 9.86. The molecule has 0 unspecified atom stereocenters. The summed E-state index contributed by atoms with van der Waals surface area (Å²) in [4.78, 5) is 0. The molecule has 0 aliphatic heterocycles. The first-order valence-corrected chi connectivity index (χ1v) is 14.9. The fourth-order valence-electron chi connectivity index (χ4n) is 6.47. The molecular weight excluding hydrogens is 536 g/mol. The normalized spacial score (nSPS) is 11.6. The molecule has 0 bridgehead atoms. The number of hydrogen-bond donors (Lipinski definition) is 0. The topological polar surface area (TPSA) is 26.3 Å². The van der Waals surface area contributed by atoms with Gasteiger partial charge in [-0.1, -0.05) is 109 Å². The van der Waals surface area contributed by atoms with Crippen molar-refractivity contribution in [3.05, 3.63) is 158 Å². The Labute approximate surface area is 254 Å². The van der Waals surface area contributed by atoms with Crippen LogP contribution in [0.15, 0.2) is 167 Å². The summed E-state index contributed by atoms with van der Waals surface area (Å²) in [7, 11) is 0. The first-order valence-electron chi connectivity index (χ1n) is 14.9. The van der Waals surface area contributed by atoms with Crippen LogP contribution in [0.25, 0.3) is 88.4 Å². The molecule has 2 aromatic heterocycles. The van der Waals surface area contributed by atoms with Crippen molar-refractivity contribution in [2.75, 3.05) is 0 Å². The van der Waals surface area contributed by atoms with E-state index in [-0.39, 0.29) is 0 Å². The molecule has 9 aromatic rings. The molecule has 7 aromatic carbocycles. The lowest BCUT2D eigenvalue weighted by Crippen LogP contribution is -1.81. The number of furan rings is 2. The molecular formula is C42H26O2. The smallest absolute Gasteiger partial charge is 0.147 e. The van der Waals surface area contributed by atoms with Crippen LogP contribution in [-0.4, -0.2) is 0 Å². The molecule has 0 atom stereocenters. The van der Waals surface area contributed by atoms with Gasteiger partial charge in [0.25, 0.3) is 0 Å². The van der Waals surface area contributed by atoms with Crippen LogP contribution in [0, 0.1) is 0 Å². The monoisotopic (exact) mass is 562 g/mol. The van der Waals surface area contributed by atoms with E-state index in [0.29, 0.717) is 0 Å². The summed E-state index contributed by atoms with van der Waals surface area (Å²) in [6.07, 6.45) is 0. The molecule has 0 fully saturated rings. The zero-order chi connectivity index (χ0) is 29.0. The zero-order valence-electron chi connectivity index (χ0n) is 23.8. The van der Waals surface area contributed by atoms with E-state index >= 15 is 0 Å². The largest absolute Gasteiger partial charge is 0.456 e. The molecule has 0 radical (unpaired) electrons. The Morgan fingerprint density at radius 1 is 0.273 bits per heavy atom. The summed E-state index contributed by atoms with van der Waals surface area (Å²) in [5.41, 5.74) is 12.9. The fourth-order valence-corrected chi connectivity index (χ4v) is 6.47. The van der Waals surface area contributed by atoms with Crippen molar-refractivity contribution in [3.63, 3.8) is 0 Å². The Hall–Kier alpha value is -5.86. The summed E-state index contributed by atoms with van der Waals surface area (Å²) < 4.78 is 12.9. The van der Waals surface area contributed by atoms with Crippen LogP contribution in [0.1, 0.15) is 0 Å². The van der Waals surface area contributed by atoms with Crippen molar-refractivity contribution in [1.82, 2.24) is 0 Å². The lowest BCUT2D eigenvalue weighted by Gasteiger charge is -2.06. The van der Waals surface area contributed by atoms with Crippen LogP contribution in [0.4, 0.5) is 0 Å². The van der Waals surface area contributed by atoms with E-state index in [9.17, 15) is 0 Å². The summed E-state index contributed by atoms with van der Waals surface area (Å²) >= 11 is 0. The van der Waals surface area contributed by atoms with E-state index in [1.54, 1.807) is 0 Å². The molecule has 0 saturated carbocycles. The van der Waals surface area contributed by atoms with Gasteiger partial charge in [-0.3, -0.25) is 0 Å². The summed E-state index contributed by atoms with van der Waals surface area (Å²) in [6.45, 7) is 0. The molecule has 9 rings (SSSR count). The van der Waals surface area contributed by atoms with Gasteiger partial charge in [-0.15, -0.1) is 0 Å². The molecule has 0 aliphatic rings. The van der Waals surface area contributed by atoms with Gasteiger partial charge in [0, 0.05) is 16.2 Å². The average Bonchev–Trinajstić information content (AvgIpc) is 3.66. The quantitative estimate of drug-likeness (QED) is 0.213. The Morgan fingerprint density at radius 2 is 0.727 bits per heavy atom. The Kier molecular flexibility index (Phi) is 5.54. The van der Waals surface area contributed by atoms with Crippen molar-refractivity contribution in [2.45, 2.75) is 0 Å². The van der Waals surface area contributed by atoms with Gasteiger partial charge in [-0.25, -0.2) is 0 Å². The minimum absolute atomic E-state index is 0.831. The van der Waals surface area contributed by atoms with Gasteiger partial charge < -0.3 is 8.83 Å². The van der Waals surface area contributed by atoms with Crippen LogP contribution in [0.5, 0.6) is 0 Å². The Bertz CT molecular complexity index is 2480. The van der Waals surface area contributed by atoms with Crippen LogP contribution in [-0.2, 0) is 0 Å². The molecule has 2 heteroatoms. The lowest BCUT2D eigenvalue weighted by molar-refractivity contribution is 0.663. The van der Waals surface area contributed by atoms with E-state index in [0.717, 1.165) is 55.0 Å². The van der Waals surface area contributed by atoms with E-state index in [1.807, 2.05) is 6.07 Å². The average molecular weight is 563 g/mol. The molecule has 0 amide bonds. The minimum atomic E-state index is 0.831. The van der Waals surface area contributed by atoms with E-state index in [2.05, 4.69) is 152 Å². The third-order valence-corrected chi connectivity index (χ3v) is 8.68. The molecule has 0 N–H and O–H groups in total. The van der Waals surface area contributed by atoms with Gasteiger partial charge in [0.15, 0.2) is 0 Å². The fraction of sp³-hybridized carbons (Fsp3) is 0. The maximum absolute atomic E-state index is 6.58. The molecule has 206 valence electrons. The predicted molar refractivity (Wildman–Crippen MR) is 183 cm³/mol. The van der Waals surface area contributed by atoms with Crippen molar-refractivity contribution in [3.8, 4) is 44.5 Å². The molecule has 44 heavy (non-hydrogen) atoms. The number of fused-ring (bicyclic) bond motifs is 7. The summed E-state index contributed by atoms with van der Waals surface area (Å²) in [5.74, 6) is 0. The predicted octanol–water partition coefficient (Wildman–Crippen LogP) is 12.2. The highest BCUT2D eigenvalue weighted by atomic mass is 16.3. The maximum atomic E-state index is 6.58. The number of rotatable bonds is 4. The van der Waals surface area contributed by atoms with Gasteiger partial charge in [-0.05, 0) is 93.0 Å². The first kappa shape index (κ1) is 24.7. The van der Waals surface area contributed by atoms with Crippen molar-refractivity contribution in [1.29, 1.82) is 0 Å². The summed E-state index contributed by atoms with van der Waals surface area (Å²) in [6, 6.07) is 55.6. The van der Waals surface area contributed by atoms with Crippen LogP contribution in [0.3, 0.4) is 0 Å². The van der Waals surface area contributed by atoms with E-state index in [4.69, 9.17) is 8.83 Å². The molecule has 0 aliphatic carbocycles. The third kappa shape index (κ3) is 4.04. The maximum Gasteiger partial charge on any atom is 0.147 e. The van der Waals surface area contributed by atoms with E-state index in [1.165, 1.54) is 33.4 Å². The molecule has 0 spiro atoms. The third-order valence-electron chi connectivity index (χ3n) is 8.68.